The number of nitrogens with zero attached hydrogens (tertiary/aromatic N) is 2. The van der Waals surface area contributed by atoms with Gasteiger partial charge in [-0.05, 0) is 42.0 Å². The number of piperazine rings is 1. The van der Waals surface area contributed by atoms with E-state index >= 15 is 0 Å². The molecular weight excluding hydrogens is 386 g/mol. The van der Waals surface area contributed by atoms with Crippen molar-refractivity contribution in [2.24, 2.45) is 0 Å². The van der Waals surface area contributed by atoms with E-state index in [2.05, 4.69) is 58.7 Å². The highest BCUT2D eigenvalue weighted by atomic mass is 16.3. The second-order valence-corrected chi connectivity index (χ2v) is 9.32. The molecule has 2 N–H and O–H groups in total. The number of amides is 1. The van der Waals surface area contributed by atoms with Gasteiger partial charge in [-0.3, -0.25) is 9.69 Å². The first-order valence-corrected chi connectivity index (χ1v) is 11.8. The highest BCUT2D eigenvalue weighted by molar-refractivity contribution is 5.82. The van der Waals surface area contributed by atoms with Gasteiger partial charge in [0.25, 0.3) is 5.91 Å². The number of rotatable bonds is 5. The molecule has 2 atom stereocenters. The number of fused-ring (bicyclic) bond motifs is 3. The third kappa shape index (κ3) is 3.91. The molecule has 5 heteroatoms. The Morgan fingerprint density at radius 1 is 0.935 bits per heavy atom. The van der Waals surface area contributed by atoms with Gasteiger partial charge in [0, 0.05) is 38.3 Å². The van der Waals surface area contributed by atoms with Crippen molar-refractivity contribution in [1.82, 2.24) is 15.1 Å². The van der Waals surface area contributed by atoms with Crippen molar-refractivity contribution >= 4 is 5.91 Å². The van der Waals surface area contributed by atoms with Crippen LogP contribution in [0.3, 0.4) is 0 Å². The van der Waals surface area contributed by atoms with Crippen LogP contribution < -0.4 is 5.32 Å². The lowest BCUT2D eigenvalue weighted by Gasteiger charge is -2.40. The third-order valence-corrected chi connectivity index (χ3v) is 7.37. The van der Waals surface area contributed by atoms with E-state index < -0.39 is 6.10 Å². The molecule has 164 valence electrons. The largest absolute Gasteiger partial charge is 0.382 e. The summed E-state index contributed by atoms with van der Waals surface area (Å²) in [6.07, 6.45) is 3.80. The fraction of sp³-hybridized carbons (Fsp3) is 0.500. The van der Waals surface area contributed by atoms with Crippen molar-refractivity contribution in [2.45, 2.75) is 56.8 Å². The van der Waals surface area contributed by atoms with Gasteiger partial charge in [-0.2, -0.15) is 0 Å². The smallest absolute Gasteiger partial charge is 0.253 e. The highest BCUT2D eigenvalue weighted by Crippen LogP contribution is 2.46. The van der Waals surface area contributed by atoms with Crippen molar-refractivity contribution in [3.8, 4) is 11.1 Å². The molecule has 1 amide bonds. The Labute approximate surface area is 185 Å². The van der Waals surface area contributed by atoms with Crippen molar-refractivity contribution in [3.05, 3.63) is 59.7 Å². The molecule has 2 aliphatic carbocycles. The molecule has 5 rings (SSSR count). The molecule has 0 aromatic heterocycles. The normalized spacial score (nSPS) is 21.7. The average Bonchev–Trinajstić information content (AvgIpc) is 3.44. The van der Waals surface area contributed by atoms with E-state index in [4.69, 9.17) is 0 Å². The zero-order valence-corrected chi connectivity index (χ0v) is 18.3. The van der Waals surface area contributed by atoms with Gasteiger partial charge < -0.3 is 15.3 Å². The molecule has 1 saturated heterocycles. The summed E-state index contributed by atoms with van der Waals surface area (Å²) in [5, 5.41) is 14.1. The van der Waals surface area contributed by atoms with Gasteiger partial charge in [0.1, 0.15) is 6.10 Å². The Bertz CT molecular complexity index is 886. The van der Waals surface area contributed by atoms with E-state index in [1.165, 1.54) is 35.1 Å². The van der Waals surface area contributed by atoms with Crippen LogP contribution in [0.15, 0.2) is 48.5 Å². The third-order valence-electron chi connectivity index (χ3n) is 7.37. The Kier molecular flexibility index (Phi) is 5.83. The number of hydrogen-bond donors (Lipinski definition) is 2. The van der Waals surface area contributed by atoms with Gasteiger partial charge in [-0.1, -0.05) is 61.4 Å². The lowest BCUT2D eigenvalue weighted by Crippen LogP contribution is -2.56. The predicted octanol–water partition coefficient (Wildman–Crippen LogP) is 3.18. The Morgan fingerprint density at radius 2 is 1.48 bits per heavy atom. The maximum Gasteiger partial charge on any atom is 0.253 e. The summed E-state index contributed by atoms with van der Waals surface area (Å²) in [5.74, 6) is -0.134. The van der Waals surface area contributed by atoms with Crippen LogP contribution >= 0.6 is 0 Å². The molecule has 5 nitrogen and oxygen atoms in total. The fourth-order valence-corrected chi connectivity index (χ4v) is 5.68. The number of nitrogens with one attached hydrogen (secondary N) is 1. The quantitative estimate of drug-likeness (QED) is 0.782. The number of benzene rings is 2. The van der Waals surface area contributed by atoms with Crippen molar-refractivity contribution in [2.75, 3.05) is 26.2 Å². The van der Waals surface area contributed by atoms with Crippen molar-refractivity contribution in [1.29, 1.82) is 0 Å². The van der Waals surface area contributed by atoms with E-state index in [1.807, 2.05) is 11.8 Å². The van der Waals surface area contributed by atoms with Gasteiger partial charge in [-0.25, -0.2) is 0 Å². The summed E-state index contributed by atoms with van der Waals surface area (Å²) in [5.41, 5.74) is 5.36. The predicted molar refractivity (Wildman–Crippen MR) is 123 cm³/mol. The lowest BCUT2D eigenvalue weighted by atomic mass is 10.0. The molecule has 0 radical (unpaired) electrons. The van der Waals surface area contributed by atoms with E-state index in [-0.39, 0.29) is 18.0 Å². The van der Waals surface area contributed by atoms with E-state index in [1.54, 1.807) is 0 Å². The molecule has 0 unspecified atom stereocenters. The second kappa shape index (κ2) is 8.73. The first-order valence-electron chi connectivity index (χ1n) is 11.8. The van der Waals surface area contributed by atoms with Crippen LogP contribution in [0.2, 0.25) is 0 Å². The zero-order chi connectivity index (χ0) is 21.4. The Morgan fingerprint density at radius 3 is 2.06 bits per heavy atom. The van der Waals surface area contributed by atoms with Crippen molar-refractivity contribution in [3.63, 3.8) is 0 Å². The summed E-state index contributed by atoms with van der Waals surface area (Å²) in [6, 6.07) is 17.8. The molecule has 1 heterocycles. The minimum atomic E-state index is -0.972. The molecular formula is C26H33N3O2. The number of aliphatic hydroxyl groups is 1. The van der Waals surface area contributed by atoms with Crippen LogP contribution in [0.25, 0.3) is 11.1 Å². The fourth-order valence-electron chi connectivity index (χ4n) is 5.68. The van der Waals surface area contributed by atoms with Crippen LogP contribution in [0.5, 0.6) is 0 Å². The minimum Gasteiger partial charge on any atom is -0.382 e. The Hall–Kier alpha value is -2.21. The van der Waals surface area contributed by atoms with Crippen LogP contribution in [0.4, 0.5) is 0 Å². The summed E-state index contributed by atoms with van der Waals surface area (Å²) >= 11 is 0. The number of carbonyl (C=O) groups excluding carboxylic acids is 1. The van der Waals surface area contributed by atoms with E-state index in [0.717, 1.165) is 25.9 Å². The topological polar surface area (TPSA) is 55.8 Å². The lowest BCUT2D eigenvalue weighted by molar-refractivity contribution is -0.143. The number of hydrogen-bond acceptors (Lipinski definition) is 4. The molecule has 2 aromatic carbocycles. The zero-order valence-electron chi connectivity index (χ0n) is 18.3. The van der Waals surface area contributed by atoms with Crippen LogP contribution in [-0.4, -0.2) is 65.2 Å². The van der Waals surface area contributed by atoms with E-state index in [9.17, 15) is 9.90 Å². The standard InChI is InChI=1S/C26H33N3O2/c1-18(27-19-8-2-3-9-19)25(30)26(31)29-16-14-28(15-17-29)24-22-12-6-4-10-20(22)21-11-5-7-13-23(21)24/h4-7,10-13,18-19,24-25,27,30H,2-3,8-9,14-17H2,1H3/t18-,25+/m1/s1. The molecule has 1 saturated carbocycles. The van der Waals surface area contributed by atoms with Crippen LogP contribution in [0, 0.1) is 0 Å². The minimum absolute atomic E-state index is 0.134. The Balaban J connectivity index is 1.24. The van der Waals surface area contributed by atoms with Crippen LogP contribution in [-0.2, 0) is 4.79 Å². The first-order chi connectivity index (χ1) is 15.1. The van der Waals surface area contributed by atoms with Gasteiger partial charge in [-0.15, -0.1) is 0 Å². The van der Waals surface area contributed by atoms with Gasteiger partial charge >= 0.3 is 0 Å². The van der Waals surface area contributed by atoms with Crippen LogP contribution in [0.1, 0.15) is 49.8 Å². The molecule has 31 heavy (non-hydrogen) atoms. The summed E-state index contributed by atoms with van der Waals surface area (Å²) in [6.45, 7) is 4.88. The van der Waals surface area contributed by atoms with Gasteiger partial charge in [0.2, 0.25) is 0 Å². The molecule has 2 aromatic rings. The van der Waals surface area contributed by atoms with Gasteiger partial charge in [0.15, 0.2) is 0 Å². The molecule has 3 aliphatic rings. The number of aliphatic hydroxyl groups excluding tert-OH is 1. The molecule has 0 spiro atoms. The van der Waals surface area contributed by atoms with Crippen molar-refractivity contribution < 1.29 is 9.90 Å². The van der Waals surface area contributed by atoms with Gasteiger partial charge in [0.05, 0.1) is 6.04 Å². The first kappa shape index (κ1) is 20.7. The number of carbonyl (C=O) groups is 1. The highest BCUT2D eigenvalue weighted by Gasteiger charge is 2.36. The second-order valence-electron chi connectivity index (χ2n) is 9.32. The van der Waals surface area contributed by atoms with E-state index in [0.29, 0.717) is 19.1 Å². The summed E-state index contributed by atoms with van der Waals surface area (Å²) < 4.78 is 0. The molecule has 2 fully saturated rings. The maximum atomic E-state index is 13.0. The summed E-state index contributed by atoms with van der Waals surface area (Å²) in [7, 11) is 0. The average molecular weight is 420 g/mol. The summed E-state index contributed by atoms with van der Waals surface area (Å²) in [4.78, 5) is 17.3. The SMILES string of the molecule is C[C@@H](NC1CCCC1)[C@H](O)C(=O)N1CCN(C2c3ccccc3-c3ccccc32)CC1. The maximum absolute atomic E-state index is 13.0. The molecule has 0 bridgehead atoms. The molecule has 1 aliphatic heterocycles. The monoisotopic (exact) mass is 419 g/mol.